The normalized spacial score (nSPS) is 14.0. The first-order chi connectivity index (χ1) is 5.56. The number of hydrogen-bond acceptors (Lipinski definition) is 2. The van der Waals surface area contributed by atoms with Crippen molar-refractivity contribution < 1.29 is 9.90 Å². The molecule has 0 saturated heterocycles. The molecule has 1 atom stereocenters. The van der Waals surface area contributed by atoms with E-state index in [1.165, 1.54) is 0 Å². The fourth-order valence-corrected chi connectivity index (χ4v) is 0.834. The molecular weight excluding hydrogens is 154 g/mol. The minimum absolute atomic E-state index is 0.0232. The summed E-state index contributed by atoms with van der Waals surface area (Å²) < 4.78 is 0. The van der Waals surface area contributed by atoms with Crippen LogP contribution in [-0.4, -0.2) is 17.6 Å². The molecular formula is C9H17NO2. The van der Waals surface area contributed by atoms with E-state index in [2.05, 4.69) is 0 Å². The number of carboxylic acids is 1. The van der Waals surface area contributed by atoms with E-state index in [-0.39, 0.29) is 12.3 Å². The molecule has 0 aromatic rings. The van der Waals surface area contributed by atoms with Crippen LogP contribution in [-0.2, 0) is 4.79 Å². The molecule has 0 saturated carbocycles. The van der Waals surface area contributed by atoms with Gasteiger partial charge in [-0.15, -0.1) is 0 Å². The Labute approximate surface area is 73.3 Å². The smallest absolute Gasteiger partial charge is 0.303 e. The minimum atomic E-state index is -0.793. The standard InChI is InChI=1S/C9H17NO2/c1-7(2)3-4-8(6-10)5-9(11)12/h3-4,7-8H,5-6,10H2,1-2H3,(H,11,12)/b4-3+/t8-/m0/s1. The van der Waals surface area contributed by atoms with Crippen LogP contribution < -0.4 is 5.73 Å². The molecule has 0 aliphatic rings. The molecule has 70 valence electrons. The maximum Gasteiger partial charge on any atom is 0.303 e. The van der Waals surface area contributed by atoms with Gasteiger partial charge in [0.15, 0.2) is 0 Å². The molecule has 0 fully saturated rings. The van der Waals surface area contributed by atoms with Crippen molar-refractivity contribution in [1.82, 2.24) is 0 Å². The van der Waals surface area contributed by atoms with Gasteiger partial charge in [0.05, 0.1) is 6.42 Å². The summed E-state index contributed by atoms with van der Waals surface area (Å²) in [6.07, 6.45) is 4.00. The Hall–Kier alpha value is -0.830. The van der Waals surface area contributed by atoms with Crippen LogP contribution >= 0.6 is 0 Å². The zero-order valence-electron chi connectivity index (χ0n) is 7.66. The summed E-state index contributed by atoms with van der Waals surface area (Å²) in [4.78, 5) is 10.3. The number of carboxylic acid groups (broad SMARTS) is 1. The molecule has 0 bridgehead atoms. The monoisotopic (exact) mass is 171 g/mol. The summed E-state index contributed by atoms with van der Waals surface area (Å²) in [7, 11) is 0. The zero-order valence-corrected chi connectivity index (χ0v) is 7.66. The van der Waals surface area contributed by atoms with Crippen LogP contribution in [0.2, 0.25) is 0 Å². The maximum absolute atomic E-state index is 10.3. The summed E-state index contributed by atoms with van der Waals surface area (Å²) in [5, 5.41) is 8.49. The molecule has 12 heavy (non-hydrogen) atoms. The van der Waals surface area contributed by atoms with Crippen molar-refractivity contribution in [2.24, 2.45) is 17.6 Å². The van der Waals surface area contributed by atoms with E-state index >= 15 is 0 Å². The van der Waals surface area contributed by atoms with Gasteiger partial charge in [-0.1, -0.05) is 26.0 Å². The van der Waals surface area contributed by atoms with Crippen molar-refractivity contribution >= 4 is 5.97 Å². The highest BCUT2D eigenvalue weighted by atomic mass is 16.4. The van der Waals surface area contributed by atoms with Crippen LogP contribution in [0.15, 0.2) is 12.2 Å². The molecule has 0 radical (unpaired) electrons. The largest absolute Gasteiger partial charge is 0.481 e. The maximum atomic E-state index is 10.3. The molecule has 0 amide bonds. The van der Waals surface area contributed by atoms with E-state index in [1.807, 2.05) is 26.0 Å². The second-order valence-electron chi connectivity index (χ2n) is 3.22. The van der Waals surface area contributed by atoms with Gasteiger partial charge in [0, 0.05) is 0 Å². The van der Waals surface area contributed by atoms with E-state index in [9.17, 15) is 4.79 Å². The van der Waals surface area contributed by atoms with Crippen LogP contribution in [0.4, 0.5) is 0 Å². The second kappa shape index (κ2) is 5.77. The summed E-state index contributed by atoms with van der Waals surface area (Å²) in [6.45, 7) is 4.49. The van der Waals surface area contributed by atoms with Crippen LogP contribution in [0, 0.1) is 11.8 Å². The lowest BCUT2D eigenvalue weighted by Gasteiger charge is -2.06. The van der Waals surface area contributed by atoms with Crippen LogP contribution in [0.1, 0.15) is 20.3 Å². The molecule has 3 N–H and O–H groups in total. The summed E-state index contributed by atoms with van der Waals surface area (Å²) >= 11 is 0. The van der Waals surface area contributed by atoms with Crippen molar-refractivity contribution in [3.8, 4) is 0 Å². The first-order valence-corrected chi connectivity index (χ1v) is 4.16. The van der Waals surface area contributed by atoms with Crippen molar-refractivity contribution in [2.45, 2.75) is 20.3 Å². The van der Waals surface area contributed by atoms with Gasteiger partial charge in [-0.05, 0) is 18.4 Å². The fraction of sp³-hybridized carbons (Fsp3) is 0.667. The van der Waals surface area contributed by atoms with Crippen molar-refractivity contribution in [3.63, 3.8) is 0 Å². The molecule has 0 aromatic carbocycles. The van der Waals surface area contributed by atoms with Gasteiger partial charge in [0.2, 0.25) is 0 Å². The van der Waals surface area contributed by atoms with Gasteiger partial charge in [-0.2, -0.15) is 0 Å². The molecule has 0 unspecified atom stereocenters. The first-order valence-electron chi connectivity index (χ1n) is 4.16. The molecule has 0 spiro atoms. The predicted molar refractivity (Wildman–Crippen MR) is 48.8 cm³/mol. The van der Waals surface area contributed by atoms with Crippen molar-refractivity contribution in [2.75, 3.05) is 6.54 Å². The lowest BCUT2D eigenvalue weighted by molar-refractivity contribution is -0.137. The Morgan fingerprint density at radius 2 is 2.08 bits per heavy atom. The van der Waals surface area contributed by atoms with E-state index in [0.717, 1.165) is 0 Å². The van der Waals surface area contributed by atoms with Crippen molar-refractivity contribution in [1.29, 1.82) is 0 Å². The molecule has 0 aliphatic carbocycles. The fourth-order valence-electron chi connectivity index (χ4n) is 0.834. The molecule has 0 aromatic heterocycles. The Bertz CT molecular complexity index is 164. The van der Waals surface area contributed by atoms with Crippen LogP contribution in [0.25, 0.3) is 0 Å². The molecule has 0 heterocycles. The number of hydrogen-bond donors (Lipinski definition) is 2. The SMILES string of the molecule is CC(C)/C=C/[C@H](CN)CC(=O)O. The summed E-state index contributed by atoms with van der Waals surface area (Å²) in [5.41, 5.74) is 5.39. The summed E-state index contributed by atoms with van der Waals surface area (Å²) in [5.74, 6) is -0.364. The number of rotatable bonds is 5. The number of carbonyl (C=O) groups is 1. The van der Waals surface area contributed by atoms with Crippen LogP contribution in [0.3, 0.4) is 0 Å². The van der Waals surface area contributed by atoms with Crippen molar-refractivity contribution in [3.05, 3.63) is 12.2 Å². The third-order valence-corrected chi connectivity index (χ3v) is 1.51. The Kier molecular flexibility index (Phi) is 5.37. The Morgan fingerprint density at radius 3 is 2.42 bits per heavy atom. The van der Waals surface area contributed by atoms with Gasteiger partial charge in [-0.25, -0.2) is 0 Å². The molecule has 0 rings (SSSR count). The Morgan fingerprint density at radius 1 is 1.50 bits per heavy atom. The lowest BCUT2D eigenvalue weighted by Crippen LogP contribution is -2.16. The third-order valence-electron chi connectivity index (χ3n) is 1.51. The van der Waals surface area contributed by atoms with Crippen LogP contribution in [0.5, 0.6) is 0 Å². The highest BCUT2D eigenvalue weighted by molar-refractivity contribution is 5.67. The van der Waals surface area contributed by atoms with Gasteiger partial charge in [0.1, 0.15) is 0 Å². The number of nitrogens with two attached hydrogens (primary N) is 1. The Balaban J connectivity index is 3.90. The number of allylic oxidation sites excluding steroid dienone is 1. The van der Waals surface area contributed by atoms with Gasteiger partial charge in [-0.3, -0.25) is 4.79 Å². The quantitative estimate of drug-likeness (QED) is 0.612. The first kappa shape index (κ1) is 11.2. The lowest BCUT2D eigenvalue weighted by atomic mass is 10.0. The molecule has 3 heteroatoms. The van der Waals surface area contributed by atoms with Gasteiger partial charge >= 0.3 is 5.97 Å². The highest BCUT2D eigenvalue weighted by Crippen LogP contribution is 2.05. The van der Waals surface area contributed by atoms with E-state index in [0.29, 0.717) is 12.5 Å². The summed E-state index contributed by atoms with van der Waals surface area (Å²) in [6, 6.07) is 0. The number of aliphatic carboxylic acids is 1. The topological polar surface area (TPSA) is 63.3 Å². The zero-order chi connectivity index (χ0) is 9.56. The molecule has 3 nitrogen and oxygen atoms in total. The van der Waals surface area contributed by atoms with E-state index in [1.54, 1.807) is 0 Å². The predicted octanol–water partition coefficient (Wildman–Crippen LogP) is 1.25. The van der Waals surface area contributed by atoms with E-state index in [4.69, 9.17) is 10.8 Å². The van der Waals surface area contributed by atoms with Gasteiger partial charge in [0.25, 0.3) is 0 Å². The third kappa shape index (κ3) is 5.92. The highest BCUT2D eigenvalue weighted by Gasteiger charge is 2.07. The van der Waals surface area contributed by atoms with E-state index < -0.39 is 5.97 Å². The average molecular weight is 171 g/mol. The van der Waals surface area contributed by atoms with Gasteiger partial charge < -0.3 is 10.8 Å². The second-order valence-corrected chi connectivity index (χ2v) is 3.22. The average Bonchev–Trinajstić information content (AvgIpc) is 1.97. The minimum Gasteiger partial charge on any atom is -0.481 e. The molecule has 0 aliphatic heterocycles.